The lowest BCUT2D eigenvalue weighted by molar-refractivity contribution is 1.24. The molecule has 0 N–H and O–H groups in total. The molecule has 0 radical (unpaired) electrons. The molecular weight excluding hydrogens is 593 g/mol. The van der Waals surface area contributed by atoms with Crippen molar-refractivity contribution >= 4 is 55.7 Å². The minimum absolute atomic E-state index is 0.828. The van der Waals surface area contributed by atoms with E-state index in [1.165, 1.54) is 38.2 Å². The highest BCUT2D eigenvalue weighted by molar-refractivity contribution is 6.00. The second kappa shape index (κ2) is 13.4. The van der Waals surface area contributed by atoms with Crippen LogP contribution in [0.3, 0.4) is 0 Å². The quantitative estimate of drug-likeness (QED) is 0.147. The summed E-state index contributed by atoms with van der Waals surface area (Å²) in [5, 5.41) is 4.88. The van der Waals surface area contributed by atoms with Gasteiger partial charge in [0.2, 0.25) is 0 Å². The first-order chi connectivity index (χ1) is 24.3. The molecule has 0 saturated carbocycles. The molecular formula is C47H36N2. The first-order valence-electron chi connectivity index (χ1n) is 16.8. The molecule has 8 aromatic rings. The van der Waals surface area contributed by atoms with Crippen LogP contribution in [-0.4, -0.2) is 0 Å². The first-order valence-corrected chi connectivity index (χ1v) is 16.8. The van der Waals surface area contributed by atoms with Crippen LogP contribution in [0.1, 0.15) is 5.56 Å². The maximum atomic E-state index is 3.97. The van der Waals surface area contributed by atoms with Gasteiger partial charge in [-0.2, -0.15) is 0 Å². The van der Waals surface area contributed by atoms with Crippen molar-refractivity contribution < 1.29 is 0 Å². The van der Waals surface area contributed by atoms with E-state index >= 15 is 0 Å². The molecule has 8 rings (SSSR count). The van der Waals surface area contributed by atoms with E-state index in [0.717, 1.165) is 40.5 Å². The van der Waals surface area contributed by atoms with E-state index in [-0.39, 0.29) is 0 Å². The molecule has 2 nitrogen and oxygen atoms in total. The van der Waals surface area contributed by atoms with Gasteiger partial charge in [0.1, 0.15) is 0 Å². The average molecular weight is 629 g/mol. The monoisotopic (exact) mass is 628 g/mol. The van der Waals surface area contributed by atoms with E-state index in [1.54, 1.807) is 0 Å². The Balaban J connectivity index is 1.17. The maximum Gasteiger partial charge on any atom is 0.0540 e. The van der Waals surface area contributed by atoms with Gasteiger partial charge in [0.05, 0.1) is 11.4 Å². The Morgan fingerprint density at radius 1 is 0.388 bits per heavy atom. The minimum Gasteiger partial charge on any atom is -0.310 e. The number of benzene rings is 8. The molecule has 0 aliphatic rings. The Bertz CT molecular complexity index is 2360. The Kier molecular flexibility index (Phi) is 8.19. The SMILES string of the molecule is C=CCc1cccc(N(c2ccc(-c3ccc(N(c4ccccc4)c4cccc5ccccc45)cc3)cc2)c2cccc3ccccc23)c1. The number of hydrogen-bond acceptors (Lipinski definition) is 2. The molecule has 49 heavy (non-hydrogen) atoms. The molecule has 0 heterocycles. The van der Waals surface area contributed by atoms with Crippen molar-refractivity contribution in [2.75, 3.05) is 9.80 Å². The van der Waals surface area contributed by atoms with E-state index in [4.69, 9.17) is 0 Å². The lowest BCUT2D eigenvalue weighted by atomic mass is 10.0. The van der Waals surface area contributed by atoms with E-state index in [2.05, 4.69) is 204 Å². The van der Waals surface area contributed by atoms with Gasteiger partial charge < -0.3 is 9.80 Å². The highest BCUT2D eigenvalue weighted by Gasteiger charge is 2.17. The van der Waals surface area contributed by atoms with Gasteiger partial charge in [0.25, 0.3) is 0 Å². The molecule has 0 amide bonds. The molecule has 0 bridgehead atoms. The molecule has 0 fully saturated rings. The fourth-order valence-corrected chi connectivity index (χ4v) is 6.83. The molecule has 0 aliphatic carbocycles. The summed E-state index contributed by atoms with van der Waals surface area (Å²) in [5.41, 5.74) is 10.4. The van der Waals surface area contributed by atoms with Crippen LogP contribution < -0.4 is 9.80 Å². The van der Waals surface area contributed by atoms with Gasteiger partial charge >= 0.3 is 0 Å². The maximum absolute atomic E-state index is 3.97. The third-order valence-corrected chi connectivity index (χ3v) is 9.16. The van der Waals surface area contributed by atoms with Gasteiger partial charge in [-0.25, -0.2) is 0 Å². The molecule has 8 aromatic carbocycles. The lowest BCUT2D eigenvalue weighted by Gasteiger charge is -2.28. The minimum atomic E-state index is 0.828. The van der Waals surface area contributed by atoms with E-state index < -0.39 is 0 Å². The highest BCUT2D eigenvalue weighted by Crippen LogP contribution is 2.41. The number of fused-ring (bicyclic) bond motifs is 2. The van der Waals surface area contributed by atoms with Crippen LogP contribution >= 0.6 is 0 Å². The summed E-state index contributed by atoms with van der Waals surface area (Å²) in [4.78, 5) is 4.71. The van der Waals surface area contributed by atoms with Crippen molar-refractivity contribution in [1.82, 2.24) is 0 Å². The van der Waals surface area contributed by atoms with E-state index in [1.807, 2.05) is 6.08 Å². The Morgan fingerprint density at radius 2 is 0.816 bits per heavy atom. The number of nitrogens with zero attached hydrogens (tertiary/aromatic N) is 2. The summed E-state index contributed by atoms with van der Waals surface area (Å²) < 4.78 is 0. The zero-order chi connectivity index (χ0) is 33.0. The largest absolute Gasteiger partial charge is 0.310 e. The summed E-state index contributed by atoms with van der Waals surface area (Å²) in [7, 11) is 0. The highest BCUT2D eigenvalue weighted by atomic mass is 15.1. The summed E-state index contributed by atoms with van der Waals surface area (Å²) in [6, 6.07) is 67.4. The molecule has 0 saturated heterocycles. The van der Waals surface area contributed by atoms with Crippen molar-refractivity contribution in [3.63, 3.8) is 0 Å². The van der Waals surface area contributed by atoms with Crippen LogP contribution in [0.25, 0.3) is 32.7 Å². The molecule has 0 atom stereocenters. The predicted molar refractivity (Wildman–Crippen MR) is 210 cm³/mol. The summed E-state index contributed by atoms with van der Waals surface area (Å²) >= 11 is 0. The Hall–Kier alpha value is -6.38. The van der Waals surface area contributed by atoms with Gasteiger partial charge in [-0.05, 0) is 94.5 Å². The topological polar surface area (TPSA) is 6.48 Å². The third-order valence-electron chi connectivity index (χ3n) is 9.16. The van der Waals surface area contributed by atoms with Gasteiger partial charge in [0, 0.05) is 33.5 Å². The van der Waals surface area contributed by atoms with Crippen molar-refractivity contribution in [3.8, 4) is 11.1 Å². The number of anilines is 6. The summed E-state index contributed by atoms with van der Waals surface area (Å²) in [6.45, 7) is 3.97. The molecule has 0 spiro atoms. The average Bonchev–Trinajstić information content (AvgIpc) is 3.17. The predicted octanol–water partition coefficient (Wildman–Crippen LogP) is 13.3. The van der Waals surface area contributed by atoms with E-state index in [0.29, 0.717) is 0 Å². The standard InChI is InChI=1S/C47H36N2/c1-2-13-35-14-10-21-43(34-35)49(47-25-12-18-39-16-7-9-23-45(39)47)42-32-28-37(29-33-42)36-26-30-41(31-27-36)48(40-19-4-3-5-20-40)46-24-11-17-38-15-6-8-22-44(38)46/h2-12,14-34H,1,13H2. The van der Waals surface area contributed by atoms with Crippen LogP contribution in [0.15, 0.2) is 201 Å². The van der Waals surface area contributed by atoms with E-state index in [9.17, 15) is 0 Å². The van der Waals surface area contributed by atoms with Crippen molar-refractivity contribution in [1.29, 1.82) is 0 Å². The van der Waals surface area contributed by atoms with Crippen LogP contribution in [0.2, 0.25) is 0 Å². The van der Waals surface area contributed by atoms with Crippen LogP contribution in [0.5, 0.6) is 0 Å². The van der Waals surface area contributed by atoms with Crippen molar-refractivity contribution in [3.05, 3.63) is 206 Å². The fraction of sp³-hybridized carbons (Fsp3) is 0.0213. The number of rotatable bonds is 9. The zero-order valence-electron chi connectivity index (χ0n) is 27.3. The summed E-state index contributed by atoms with van der Waals surface area (Å²) in [5.74, 6) is 0. The second-order valence-corrected chi connectivity index (χ2v) is 12.3. The van der Waals surface area contributed by atoms with Gasteiger partial charge in [0.15, 0.2) is 0 Å². The van der Waals surface area contributed by atoms with Gasteiger partial charge in [-0.15, -0.1) is 6.58 Å². The lowest BCUT2D eigenvalue weighted by Crippen LogP contribution is -2.11. The van der Waals surface area contributed by atoms with Crippen molar-refractivity contribution in [2.24, 2.45) is 0 Å². The summed E-state index contributed by atoms with van der Waals surface area (Å²) in [6.07, 6.45) is 2.79. The van der Waals surface area contributed by atoms with Gasteiger partial charge in [-0.1, -0.05) is 133 Å². The first kappa shape index (κ1) is 30.0. The number of para-hydroxylation sites is 1. The third kappa shape index (κ3) is 5.97. The molecule has 234 valence electrons. The molecule has 2 heteroatoms. The van der Waals surface area contributed by atoms with Crippen LogP contribution in [0.4, 0.5) is 34.1 Å². The number of hydrogen-bond donors (Lipinski definition) is 0. The second-order valence-electron chi connectivity index (χ2n) is 12.3. The Morgan fingerprint density at radius 3 is 1.37 bits per heavy atom. The van der Waals surface area contributed by atoms with Crippen molar-refractivity contribution in [2.45, 2.75) is 6.42 Å². The molecule has 0 unspecified atom stereocenters. The molecule has 0 aliphatic heterocycles. The molecule has 0 aromatic heterocycles. The zero-order valence-corrected chi connectivity index (χ0v) is 27.3. The smallest absolute Gasteiger partial charge is 0.0540 e. The van der Waals surface area contributed by atoms with Crippen LogP contribution in [0, 0.1) is 0 Å². The van der Waals surface area contributed by atoms with Gasteiger partial charge in [-0.3, -0.25) is 0 Å². The Labute approximate surface area is 288 Å². The number of allylic oxidation sites excluding steroid dienone is 1. The normalized spacial score (nSPS) is 11.0. The fourth-order valence-electron chi connectivity index (χ4n) is 6.83. The van der Waals surface area contributed by atoms with Crippen LogP contribution in [-0.2, 0) is 6.42 Å².